The first-order valence-electron chi connectivity index (χ1n) is 15.5. The summed E-state index contributed by atoms with van der Waals surface area (Å²) in [5.41, 5.74) is 3.70. The molecule has 0 saturated carbocycles. The number of likely N-dealkylation sites (N-methyl/N-ethyl adjacent to an activating group) is 1. The summed E-state index contributed by atoms with van der Waals surface area (Å²) in [6.07, 6.45) is 2.37. The van der Waals surface area contributed by atoms with Gasteiger partial charge in [-0.2, -0.15) is 0 Å². The van der Waals surface area contributed by atoms with E-state index in [2.05, 4.69) is 44.9 Å². The van der Waals surface area contributed by atoms with Gasteiger partial charge in [-0.3, -0.25) is 9.59 Å². The number of carbonyl (C=O) groups excluding carboxylic acids is 2. The highest BCUT2D eigenvalue weighted by molar-refractivity contribution is 7.98. The fourth-order valence-corrected chi connectivity index (χ4v) is 6.00. The first kappa shape index (κ1) is 34.1. The molecule has 242 valence electrons. The Kier molecular flexibility index (Phi) is 11.7. The van der Waals surface area contributed by atoms with E-state index in [0.29, 0.717) is 41.9 Å². The molecule has 4 rings (SSSR count). The van der Waals surface area contributed by atoms with Gasteiger partial charge in [0.05, 0.1) is 32.4 Å². The molecule has 2 aromatic carbocycles. The van der Waals surface area contributed by atoms with Crippen LogP contribution in [0.2, 0.25) is 0 Å². The molecule has 3 aromatic rings. The fourth-order valence-electron chi connectivity index (χ4n) is 5.19. The molecule has 1 unspecified atom stereocenters. The number of thioether (sulfide) groups is 1. The highest BCUT2D eigenvalue weighted by Gasteiger charge is 2.30. The van der Waals surface area contributed by atoms with E-state index < -0.39 is 0 Å². The van der Waals surface area contributed by atoms with Crippen LogP contribution >= 0.6 is 11.8 Å². The number of carbonyl (C=O) groups is 2. The van der Waals surface area contributed by atoms with Crippen LogP contribution in [0.3, 0.4) is 0 Å². The van der Waals surface area contributed by atoms with Crippen LogP contribution in [0.25, 0.3) is 0 Å². The minimum Gasteiger partial charge on any atom is -0.493 e. The van der Waals surface area contributed by atoms with Crippen LogP contribution in [0, 0.1) is 5.92 Å². The van der Waals surface area contributed by atoms with E-state index in [9.17, 15) is 9.59 Å². The van der Waals surface area contributed by atoms with Crippen molar-refractivity contribution in [3.8, 4) is 11.5 Å². The quantitative estimate of drug-likeness (QED) is 0.132. The number of nitrogens with zero attached hydrogens (tertiary/aromatic N) is 4. The molecule has 0 bridgehead atoms. The number of aromatic nitrogens is 2. The molecule has 1 amide bonds. The predicted molar refractivity (Wildman–Crippen MR) is 179 cm³/mol. The number of anilines is 1. The summed E-state index contributed by atoms with van der Waals surface area (Å²) in [5, 5.41) is 0.717. The summed E-state index contributed by atoms with van der Waals surface area (Å²) >= 11 is 1.58. The minimum absolute atomic E-state index is 0.0508. The Balaban J connectivity index is 1.41. The van der Waals surface area contributed by atoms with E-state index in [0.717, 1.165) is 54.2 Å². The third-order valence-corrected chi connectivity index (χ3v) is 8.85. The van der Waals surface area contributed by atoms with Gasteiger partial charge in [0.2, 0.25) is 0 Å². The molecule has 9 nitrogen and oxygen atoms in total. The number of rotatable bonds is 12. The van der Waals surface area contributed by atoms with Crippen molar-refractivity contribution in [3.05, 3.63) is 70.9 Å². The molecule has 10 heteroatoms. The number of methoxy groups -OCH3 is 2. The zero-order valence-electron chi connectivity index (χ0n) is 27.6. The van der Waals surface area contributed by atoms with Gasteiger partial charge in [-0.25, -0.2) is 9.97 Å². The van der Waals surface area contributed by atoms with Crippen molar-refractivity contribution in [3.63, 3.8) is 0 Å². The van der Waals surface area contributed by atoms with Gasteiger partial charge >= 0.3 is 5.97 Å². The lowest BCUT2D eigenvalue weighted by Crippen LogP contribution is -2.42. The molecule has 45 heavy (non-hydrogen) atoms. The molecule has 1 atom stereocenters. The van der Waals surface area contributed by atoms with E-state index in [1.165, 1.54) is 0 Å². The van der Waals surface area contributed by atoms with Gasteiger partial charge in [0, 0.05) is 49.5 Å². The topological polar surface area (TPSA) is 94.1 Å². The molecule has 0 aliphatic carbocycles. The number of hydrogen-bond acceptors (Lipinski definition) is 9. The standard InChI is InChI=1S/C35H46N4O5S/c1-8-44-33(41)27-10-9-18-39(22-27)32(40)26-14-11-25(12-15-26)23-45-34-36-30(35(2,3)4)21-31(37-34)38(5)19-17-24-13-16-28(42-6)29(20-24)43-7/h11-16,20-21,27H,8-10,17-19,22-23H2,1-7H3. The van der Waals surface area contributed by atoms with E-state index in [1.54, 1.807) is 37.8 Å². The summed E-state index contributed by atoms with van der Waals surface area (Å²) < 4.78 is 16.0. The fraction of sp³-hybridized carbons (Fsp3) is 0.486. The molecular weight excluding hydrogens is 588 g/mol. The second-order valence-electron chi connectivity index (χ2n) is 12.3. The van der Waals surface area contributed by atoms with Gasteiger partial charge in [0.1, 0.15) is 5.82 Å². The van der Waals surface area contributed by atoms with Gasteiger partial charge in [-0.15, -0.1) is 0 Å². The highest BCUT2D eigenvalue weighted by atomic mass is 32.2. The summed E-state index contributed by atoms with van der Waals surface area (Å²) in [5.74, 6) is 2.47. The normalized spacial score (nSPS) is 15.0. The van der Waals surface area contributed by atoms with Crippen molar-refractivity contribution in [2.24, 2.45) is 5.92 Å². The lowest BCUT2D eigenvalue weighted by Gasteiger charge is -2.31. The summed E-state index contributed by atoms with van der Waals surface area (Å²) in [4.78, 5) is 39.1. The Morgan fingerprint density at radius 1 is 1.00 bits per heavy atom. The van der Waals surface area contributed by atoms with Crippen LogP contribution < -0.4 is 14.4 Å². The summed E-state index contributed by atoms with van der Waals surface area (Å²) in [7, 11) is 5.34. The van der Waals surface area contributed by atoms with Crippen molar-refractivity contribution >= 4 is 29.5 Å². The van der Waals surface area contributed by atoms with Crippen LogP contribution in [0.15, 0.2) is 53.7 Å². The monoisotopic (exact) mass is 634 g/mol. The van der Waals surface area contributed by atoms with Crippen LogP contribution in [0.5, 0.6) is 11.5 Å². The van der Waals surface area contributed by atoms with E-state index in [-0.39, 0.29) is 23.2 Å². The Morgan fingerprint density at radius 3 is 2.38 bits per heavy atom. The van der Waals surface area contributed by atoms with Gasteiger partial charge in [-0.1, -0.05) is 50.7 Å². The number of esters is 1. The smallest absolute Gasteiger partial charge is 0.310 e. The molecule has 1 aromatic heterocycles. The Morgan fingerprint density at radius 2 is 1.71 bits per heavy atom. The van der Waals surface area contributed by atoms with E-state index >= 15 is 0 Å². The van der Waals surface area contributed by atoms with Gasteiger partial charge < -0.3 is 24.0 Å². The second kappa shape index (κ2) is 15.5. The molecular formula is C35H46N4O5S. The average molecular weight is 635 g/mol. The Hall–Kier alpha value is -3.79. The molecule has 1 fully saturated rings. The molecule has 2 heterocycles. The van der Waals surface area contributed by atoms with E-state index in [1.807, 2.05) is 36.4 Å². The maximum atomic E-state index is 13.2. The predicted octanol–water partition coefficient (Wildman–Crippen LogP) is 6.18. The highest BCUT2D eigenvalue weighted by Crippen LogP contribution is 2.30. The number of hydrogen-bond donors (Lipinski definition) is 0. The van der Waals surface area contributed by atoms with Crippen LogP contribution in [-0.2, 0) is 27.1 Å². The Bertz CT molecular complexity index is 1460. The third-order valence-electron chi connectivity index (χ3n) is 7.93. The van der Waals surface area contributed by atoms with Crippen molar-refractivity contribution < 1.29 is 23.8 Å². The minimum atomic E-state index is -0.253. The van der Waals surface area contributed by atoms with Crippen LogP contribution in [0.4, 0.5) is 5.82 Å². The molecule has 1 aliphatic heterocycles. The third kappa shape index (κ3) is 9.12. The summed E-state index contributed by atoms with van der Waals surface area (Å²) in [6.45, 7) is 10.5. The first-order valence-corrected chi connectivity index (χ1v) is 16.5. The largest absolute Gasteiger partial charge is 0.493 e. The van der Waals surface area contributed by atoms with Crippen molar-refractivity contribution in [2.45, 2.75) is 63.3 Å². The average Bonchev–Trinajstić information content (AvgIpc) is 3.05. The lowest BCUT2D eigenvalue weighted by atomic mass is 9.92. The zero-order chi connectivity index (χ0) is 32.6. The number of piperidine rings is 1. The second-order valence-corrected chi connectivity index (χ2v) is 13.3. The first-order chi connectivity index (χ1) is 21.5. The van der Waals surface area contributed by atoms with E-state index in [4.69, 9.17) is 24.2 Å². The van der Waals surface area contributed by atoms with Gasteiger partial charge in [0.25, 0.3) is 5.91 Å². The van der Waals surface area contributed by atoms with Crippen LogP contribution in [0.1, 0.15) is 67.7 Å². The molecule has 0 spiro atoms. The van der Waals surface area contributed by atoms with Crippen LogP contribution in [-0.4, -0.2) is 74.3 Å². The summed E-state index contributed by atoms with van der Waals surface area (Å²) in [6, 6.07) is 15.8. The number of benzene rings is 2. The maximum Gasteiger partial charge on any atom is 0.310 e. The van der Waals surface area contributed by atoms with Gasteiger partial charge in [-0.05, 0) is 61.6 Å². The maximum absolute atomic E-state index is 13.2. The molecule has 0 radical (unpaired) electrons. The SMILES string of the molecule is CCOC(=O)C1CCCN(C(=O)c2ccc(CSc3nc(N(C)CCc4ccc(OC)c(OC)c4)cc(C(C)(C)C)n3)cc2)C1. The zero-order valence-corrected chi connectivity index (χ0v) is 28.4. The number of likely N-dealkylation sites (tertiary alicyclic amines) is 1. The molecule has 1 saturated heterocycles. The van der Waals surface area contributed by atoms with Crippen molar-refractivity contribution in [1.82, 2.24) is 14.9 Å². The number of ether oxygens (including phenoxy) is 3. The molecule has 1 aliphatic rings. The number of amides is 1. The van der Waals surface area contributed by atoms with Gasteiger partial charge in [0.15, 0.2) is 16.7 Å². The lowest BCUT2D eigenvalue weighted by molar-refractivity contribution is -0.149. The van der Waals surface area contributed by atoms with Crippen molar-refractivity contribution in [2.75, 3.05) is 52.4 Å². The van der Waals surface area contributed by atoms with Crippen molar-refractivity contribution in [1.29, 1.82) is 0 Å². The Labute approximate surface area is 271 Å². The molecule has 0 N–H and O–H groups in total.